The fourth-order valence-electron chi connectivity index (χ4n) is 2.58. The van der Waals surface area contributed by atoms with Gasteiger partial charge in [0, 0.05) is 21.3 Å². The lowest BCUT2D eigenvalue weighted by Gasteiger charge is -2.44. The lowest BCUT2D eigenvalue weighted by atomic mass is 9.93. The van der Waals surface area contributed by atoms with Gasteiger partial charge in [-0.3, -0.25) is 4.79 Å². The van der Waals surface area contributed by atoms with E-state index in [2.05, 4.69) is 10.3 Å². The lowest BCUT2D eigenvalue weighted by Crippen LogP contribution is -2.64. The maximum Gasteiger partial charge on any atom is 0.242 e. The first-order chi connectivity index (χ1) is 10.4. The molecule has 1 amide bonds. The van der Waals surface area contributed by atoms with E-state index in [9.17, 15) is 4.79 Å². The Labute approximate surface area is 130 Å². The molecule has 0 saturated carbocycles. The van der Waals surface area contributed by atoms with Crippen LogP contribution >= 0.6 is 0 Å². The van der Waals surface area contributed by atoms with Crippen molar-refractivity contribution in [3.8, 4) is 0 Å². The van der Waals surface area contributed by atoms with Crippen molar-refractivity contribution in [2.45, 2.75) is 37.4 Å². The summed E-state index contributed by atoms with van der Waals surface area (Å²) in [6.45, 7) is 2.07. The Kier molecular flexibility index (Phi) is 7.52. The number of hydrogen-bond donors (Lipinski definition) is 3. The Balaban J connectivity index is 2.79. The van der Waals surface area contributed by atoms with Crippen LogP contribution in [0.5, 0.6) is 0 Å². The van der Waals surface area contributed by atoms with Crippen molar-refractivity contribution < 1.29 is 23.7 Å². The van der Waals surface area contributed by atoms with E-state index in [0.717, 1.165) is 0 Å². The standard InChI is InChI=1S/C13H26N4O5/c1-7-10(17-9(18)5-16-13(14)15)12(21-4)11(20-3)8(22-7)6-19-2/h7-8,10-12H,5-6H2,1-4H3,(H,17,18)(H4,14,15,16)/t7?,8?,10?,11-,12+/m0/s1. The molecule has 5 atom stereocenters. The minimum Gasteiger partial charge on any atom is -0.382 e. The van der Waals surface area contributed by atoms with Gasteiger partial charge in [-0.15, -0.1) is 0 Å². The third-order valence-corrected chi connectivity index (χ3v) is 3.55. The normalized spacial score (nSPS) is 31.5. The maximum absolute atomic E-state index is 11.9. The molecular formula is C13H26N4O5. The van der Waals surface area contributed by atoms with Crippen molar-refractivity contribution in [2.75, 3.05) is 34.5 Å². The van der Waals surface area contributed by atoms with Crippen molar-refractivity contribution in [3.05, 3.63) is 0 Å². The molecule has 0 aromatic heterocycles. The third-order valence-electron chi connectivity index (χ3n) is 3.55. The molecule has 0 spiro atoms. The summed E-state index contributed by atoms with van der Waals surface area (Å²) in [7, 11) is 4.72. The van der Waals surface area contributed by atoms with E-state index >= 15 is 0 Å². The molecule has 22 heavy (non-hydrogen) atoms. The van der Waals surface area contributed by atoms with Crippen LogP contribution in [0.1, 0.15) is 6.92 Å². The number of methoxy groups -OCH3 is 3. The van der Waals surface area contributed by atoms with Gasteiger partial charge in [0.05, 0.1) is 18.8 Å². The van der Waals surface area contributed by atoms with Crippen LogP contribution in [0, 0.1) is 0 Å². The molecule has 0 aromatic rings. The van der Waals surface area contributed by atoms with Crippen molar-refractivity contribution in [1.82, 2.24) is 5.32 Å². The number of amides is 1. The minimum atomic E-state index is -0.384. The molecule has 3 unspecified atom stereocenters. The molecule has 5 N–H and O–H groups in total. The second-order valence-corrected chi connectivity index (χ2v) is 5.07. The van der Waals surface area contributed by atoms with Crippen LogP contribution in [0.25, 0.3) is 0 Å². The van der Waals surface area contributed by atoms with Crippen LogP contribution in [0.4, 0.5) is 0 Å². The van der Waals surface area contributed by atoms with Crippen LogP contribution in [0.15, 0.2) is 4.99 Å². The van der Waals surface area contributed by atoms with Crippen molar-refractivity contribution in [2.24, 2.45) is 16.5 Å². The second kappa shape index (κ2) is 8.89. The number of rotatable bonds is 7. The highest BCUT2D eigenvalue weighted by molar-refractivity contribution is 5.83. The van der Waals surface area contributed by atoms with Crippen molar-refractivity contribution in [3.63, 3.8) is 0 Å². The molecule has 128 valence electrons. The van der Waals surface area contributed by atoms with Gasteiger partial charge in [0.15, 0.2) is 5.96 Å². The Hall–Kier alpha value is -1.42. The smallest absolute Gasteiger partial charge is 0.242 e. The number of ether oxygens (including phenoxy) is 4. The summed E-state index contributed by atoms with van der Waals surface area (Å²) >= 11 is 0. The van der Waals surface area contributed by atoms with Crippen LogP contribution in [-0.2, 0) is 23.7 Å². The lowest BCUT2D eigenvalue weighted by molar-refractivity contribution is -0.208. The quantitative estimate of drug-likeness (QED) is 0.373. The number of nitrogens with zero attached hydrogens (tertiary/aromatic N) is 1. The second-order valence-electron chi connectivity index (χ2n) is 5.07. The summed E-state index contributed by atoms with van der Waals surface area (Å²) < 4.78 is 22.0. The molecule has 1 saturated heterocycles. The largest absolute Gasteiger partial charge is 0.382 e. The molecule has 0 bridgehead atoms. The summed E-state index contributed by atoms with van der Waals surface area (Å²) in [4.78, 5) is 15.6. The highest BCUT2D eigenvalue weighted by Gasteiger charge is 2.45. The van der Waals surface area contributed by atoms with E-state index in [-0.39, 0.29) is 48.9 Å². The highest BCUT2D eigenvalue weighted by Crippen LogP contribution is 2.25. The number of nitrogens with one attached hydrogen (secondary N) is 1. The Morgan fingerprint density at radius 1 is 1.23 bits per heavy atom. The van der Waals surface area contributed by atoms with E-state index < -0.39 is 0 Å². The summed E-state index contributed by atoms with van der Waals surface area (Å²) in [5.74, 6) is -0.461. The predicted molar refractivity (Wildman–Crippen MR) is 80.4 cm³/mol. The molecule has 9 nitrogen and oxygen atoms in total. The fourth-order valence-corrected chi connectivity index (χ4v) is 2.58. The number of carbonyl (C=O) groups excluding carboxylic acids is 1. The number of carbonyl (C=O) groups is 1. The Morgan fingerprint density at radius 2 is 1.86 bits per heavy atom. The zero-order chi connectivity index (χ0) is 16.7. The first-order valence-corrected chi connectivity index (χ1v) is 6.99. The van der Waals surface area contributed by atoms with Gasteiger partial charge in [0.25, 0.3) is 0 Å². The van der Waals surface area contributed by atoms with Gasteiger partial charge in [-0.2, -0.15) is 0 Å². The molecule has 1 aliphatic rings. The van der Waals surface area contributed by atoms with E-state index in [1.807, 2.05) is 6.92 Å². The predicted octanol–water partition coefficient (Wildman–Crippen LogP) is -1.79. The third kappa shape index (κ3) is 4.80. The molecule has 1 aliphatic heterocycles. The average Bonchev–Trinajstić information content (AvgIpc) is 2.47. The van der Waals surface area contributed by atoms with Crippen LogP contribution in [0.2, 0.25) is 0 Å². The Bertz CT molecular complexity index is 389. The molecule has 0 aliphatic carbocycles. The first-order valence-electron chi connectivity index (χ1n) is 6.99. The van der Waals surface area contributed by atoms with Crippen LogP contribution in [-0.4, -0.2) is 76.8 Å². The average molecular weight is 318 g/mol. The molecule has 1 rings (SSSR count). The zero-order valence-corrected chi connectivity index (χ0v) is 13.4. The molecule has 0 radical (unpaired) electrons. The summed E-state index contributed by atoms with van der Waals surface area (Å²) in [5, 5.41) is 2.82. The highest BCUT2D eigenvalue weighted by atomic mass is 16.6. The zero-order valence-electron chi connectivity index (χ0n) is 13.4. The number of nitrogens with two attached hydrogens (primary N) is 2. The summed E-state index contributed by atoms with van der Waals surface area (Å²) in [5.41, 5.74) is 10.4. The van der Waals surface area contributed by atoms with Crippen molar-refractivity contribution >= 4 is 11.9 Å². The topological polar surface area (TPSA) is 130 Å². The van der Waals surface area contributed by atoms with Gasteiger partial charge < -0.3 is 35.7 Å². The van der Waals surface area contributed by atoms with Gasteiger partial charge >= 0.3 is 0 Å². The van der Waals surface area contributed by atoms with Crippen molar-refractivity contribution in [1.29, 1.82) is 0 Å². The molecular weight excluding hydrogens is 292 g/mol. The summed E-state index contributed by atoms with van der Waals surface area (Å²) in [6, 6.07) is -0.384. The Morgan fingerprint density at radius 3 is 2.36 bits per heavy atom. The monoisotopic (exact) mass is 318 g/mol. The van der Waals surface area contributed by atoms with Gasteiger partial charge in [-0.1, -0.05) is 0 Å². The number of hydrogen-bond acceptors (Lipinski definition) is 6. The van der Waals surface area contributed by atoms with Crippen LogP contribution < -0.4 is 16.8 Å². The fraction of sp³-hybridized carbons (Fsp3) is 0.846. The maximum atomic E-state index is 11.9. The van der Waals surface area contributed by atoms with E-state index in [4.69, 9.17) is 30.4 Å². The van der Waals surface area contributed by atoms with Crippen LogP contribution in [0.3, 0.4) is 0 Å². The minimum absolute atomic E-state index is 0.138. The van der Waals surface area contributed by atoms with E-state index in [1.54, 1.807) is 21.3 Å². The van der Waals surface area contributed by atoms with Gasteiger partial charge in [-0.25, -0.2) is 4.99 Å². The summed E-state index contributed by atoms with van der Waals surface area (Å²) in [6.07, 6.45) is -1.30. The molecule has 1 heterocycles. The van der Waals surface area contributed by atoms with Gasteiger partial charge in [-0.05, 0) is 6.92 Å². The van der Waals surface area contributed by atoms with E-state index in [1.165, 1.54) is 0 Å². The molecule has 1 fully saturated rings. The van der Waals surface area contributed by atoms with Gasteiger partial charge in [0.1, 0.15) is 24.9 Å². The SMILES string of the molecule is COCC1OC(C)C(NC(=O)CN=C(N)N)[C@@H](OC)[C@H]1OC. The number of aliphatic imine (C=N–C) groups is 1. The first kappa shape index (κ1) is 18.6. The van der Waals surface area contributed by atoms with E-state index in [0.29, 0.717) is 6.61 Å². The van der Waals surface area contributed by atoms with Gasteiger partial charge in [0.2, 0.25) is 5.91 Å². The molecule has 0 aromatic carbocycles. The molecule has 9 heteroatoms. The number of guanidine groups is 1.